The van der Waals surface area contributed by atoms with Crippen LogP contribution in [-0.4, -0.2) is 18.6 Å². The van der Waals surface area contributed by atoms with Gasteiger partial charge in [0.25, 0.3) is 5.91 Å². The summed E-state index contributed by atoms with van der Waals surface area (Å²) in [7, 11) is 0. The first kappa shape index (κ1) is 15.4. The van der Waals surface area contributed by atoms with Gasteiger partial charge in [0.15, 0.2) is 6.73 Å². The molecule has 0 aromatic heterocycles. The van der Waals surface area contributed by atoms with E-state index in [2.05, 4.69) is 5.32 Å². The molecule has 0 atom stereocenters. The van der Waals surface area contributed by atoms with Gasteiger partial charge < -0.3 is 10.1 Å². The van der Waals surface area contributed by atoms with Crippen molar-refractivity contribution < 1.29 is 14.3 Å². The van der Waals surface area contributed by atoms with Crippen molar-refractivity contribution in [1.82, 2.24) is 5.32 Å². The lowest BCUT2D eigenvalue weighted by molar-refractivity contribution is 0.0464. The average molecular weight is 324 g/mol. The molecule has 0 bridgehead atoms. The Kier molecular flexibility index (Phi) is 5.20. The Morgan fingerprint density at radius 3 is 2.33 bits per heavy atom. The van der Waals surface area contributed by atoms with Gasteiger partial charge in [-0.1, -0.05) is 35.3 Å². The van der Waals surface area contributed by atoms with Crippen molar-refractivity contribution in [2.24, 2.45) is 0 Å². The number of rotatable bonds is 4. The molecule has 0 saturated heterocycles. The van der Waals surface area contributed by atoms with Gasteiger partial charge in [-0.25, -0.2) is 4.79 Å². The Labute approximate surface area is 131 Å². The van der Waals surface area contributed by atoms with Gasteiger partial charge in [-0.2, -0.15) is 0 Å². The summed E-state index contributed by atoms with van der Waals surface area (Å²) >= 11 is 11.6. The molecule has 0 spiro atoms. The molecule has 2 rings (SSSR count). The van der Waals surface area contributed by atoms with E-state index in [1.165, 1.54) is 0 Å². The number of amides is 1. The maximum Gasteiger partial charge on any atom is 0.339 e. The van der Waals surface area contributed by atoms with Crippen molar-refractivity contribution in [3.8, 4) is 0 Å². The topological polar surface area (TPSA) is 55.4 Å². The predicted octanol–water partition coefficient (Wildman–Crippen LogP) is 3.54. The summed E-state index contributed by atoms with van der Waals surface area (Å²) in [4.78, 5) is 23.5. The summed E-state index contributed by atoms with van der Waals surface area (Å²) in [5, 5.41) is 3.32. The van der Waals surface area contributed by atoms with E-state index >= 15 is 0 Å². The summed E-state index contributed by atoms with van der Waals surface area (Å²) < 4.78 is 4.94. The van der Waals surface area contributed by atoms with E-state index in [-0.39, 0.29) is 6.73 Å². The molecule has 0 unspecified atom stereocenters. The molecule has 4 nitrogen and oxygen atoms in total. The largest absolute Gasteiger partial charge is 0.441 e. The lowest BCUT2D eigenvalue weighted by Gasteiger charge is -2.08. The van der Waals surface area contributed by atoms with Crippen LogP contribution in [0, 0.1) is 0 Å². The van der Waals surface area contributed by atoms with Gasteiger partial charge in [0, 0.05) is 5.02 Å². The van der Waals surface area contributed by atoms with Gasteiger partial charge in [-0.15, -0.1) is 0 Å². The molecule has 1 amide bonds. The Morgan fingerprint density at radius 1 is 1.00 bits per heavy atom. The fourth-order valence-electron chi connectivity index (χ4n) is 1.58. The predicted molar refractivity (Wildman–Crippen MR) is 80.7 cm³/mol. The molecular weight excluding hydrogens is 313 g/mol. The first-order chi connectivity index (χ1) is 10.1. The molecule has 6 heteroatoms. The molecule has 0 aliphatic rings. The number of hydrogen-bond donors (Lipinski definition) is 1. The van der Waals surface area contributed by atoms with Crippen molar-refractivity contribution in [2.75, 3.05) is 6.73 Å². The van der Waals surface area contributed by atoms with Gasteiger partial charge >= 0.3 is 5.97 Å². The number of carbonyl (C=O) groups excluding carboxylic acids is 2. The number of benzene rings is 2. The number of carbonyl (C=O) groups is 2. The molecule has 1 N–H and O–H groups in total. The SMILES string of the molecule is O=C(OCNC(=O)c1ccccc1Cl)c1ccc(Cl)cc1. The van der Waals surface area contributed by atoms with Crippen LogP contribution in [0.5, 0.6) is 0 Å². The van der Waals surface area contributed by atoms with E-state index in [1.807, 2.05) is 0 Å². The molecule has 108 valence electrons. The zero-order chi connectivity index (χ0) is 15.2. The van der Waals surface area contributed by atoms with Crippen LogP contribution in [-0.2, 0) is 4.74 Å². The Bertz CT molecular complexity index is 656. The fraction of sp³-hybridized carbons (Fsp3) is 0.0667. The van der Waals surface area contributed by atoms with E-state index in [1.54, 1.807) is 48.5 Å². The zero-order valence-corrected chi connectivity index (χ0v) is 12.3. The van der Waals surface area contributed by atoms with Crippen LogP contribution in [0.3, 0.4) is 0 Å². The minimum atomic E-state index is -0.550. The van der Waals surface area contributed by atoms with Crippen molar-refractivity contribution in [2.45, 2.75) is 0 Å². The number of ether oxygens (including phenoxy) is 1. The van der Waals surface area contributed by atoms with Crippen LogP contribution in [0.25, 0.3) is 0 Å². The first-order valence-electron chi connectivity index (χ1n) is 6.03. The van der Waals surface area contributed by atoms with E-state index in [0.717, 1.165) is 0 Å². The molecule has 2 aromatic rings. The maximum atomic E-state index is 11.8. The van der Waals surface area contributed by atoms with Crippen LogP contribution >= 0.6 is 23.2 Å². The quantitative estimate of drug-likeness (QED) is 0.691. The lowest BCUT2D eigenvalue weighted by atomic mass is 10.2. The average Bonchev–Trinajstić information content (AvgIpc) is 2.48. The maximum absolute atomic E-state index is 11.8. The highest BCUT2D eigenvalue weighted by Gasteiger charge is 2.11. The third-order valence-corrected chi connectivity index (χ3v) is 3.22. The fourth-order valence-corrected chi connectivity index (χ4v) is 1.92. The van der Waals surface area contributed by atoms with E-state index in [0.29, 0.717) is 21.2 Å². The highest BCUT2D eigenvalue weighted by molar-refractivity contribution is 6.33. The number of esters is 1. The van der Waals surface area contributed by atoms with Crippen molar-refractivity contribution in [3.63, 3.8) is 0 Å². The van der Waals surface area contributed by atoms with Crippen LogP contribution in [0.15, 0.2) is 48.5 Å². The smallest absolute Gasteiger partial charge is 0.339 e. The first-order valence-corrected chi connectivity index (χ1v) is 6.79. The highest BCUT2D eigenvalue weighted by atomic mass is 35.5. The van der Waals surface area contributed by atoms with E-state index in [4.69, 9.17) is 27.9 Å². The number of hydrogen-bond acceptors (Lipinski definition) is 3. The molecule has 21 heavy (non-hydrogen) atoms. The molecule has 0 heterocycles. The third-order valence-electron chi connectivity index (χ3n) is 2.63. The molecule has 0 radical (unpaired) electrons. The minimum absolute atomic E-state index is 0.245. The summed E-state index contributed by atoms with van der Waals surface area (Å²) in [5.41, 5.74) is 0.674. The molecule has 2 aromatic carbocycles. The normalized spacial score (nSPS) is 10.0. The Balaban J connectivity index is 1.87. The monoisotopic (exact) mass is 323 g/mol. The van der Waals surface area contributed by atoms with E-state index in [9.17, 15) is 9.59 Å². The van der Waals surface area contributed by atoms with Crippen molar-refractivity contribution in [1.29, 1.82) is 0 Å². The molecule has 0 aliphatic carbocycles. The second-order valence-corrected chi connectivity index (χ2v) is 4.91. The minimum Gasteiger partial charge on any atom is -0.441 e. The molecule has 0 aliphatic heterocycles. The third kappa shape index (κ3) is 4.21. The van der Waals surface area contributed by atoms with Crippen LogP contribution in [0.2, 0.25) is 10.0 Å². The van der Waals surface area contributed by atoms with Gasteiger partial charge in [-0.05, 0) is 36.4 Å². The van der Waals surface area contributed by atoms with Gasteiger partial charge in [0.1, 0.15) is 0 Å². The van der Waals surface area contributed by atoms with Crippen LogP contribution in [0.1, 0.15) is 20.7 Å². The second-order valence-electron chi connectivity index (χ2n) is 4.07. The molecule has 0 saturated carbocycles. The summed E-state index contributed by atoms with van der Waals surface area (Å²) in [6.45, 7) is -0.245. The van der Waals surface area contributed by atoms with Gasteiger partial charge in [0.2, 0.25) is 0 Å². The molecule has 0 fully saturated rings. The highest BCUT2D eigenvalue weighted by Crippen LogP contribution is 2.14. The molecular formula is C15H11Cl2NO3. The second kappa shape index (κ2) is 7.11. The van der Waals surface area contributed by atoms with Gasteiger partial charge in [-0.3, -0.25) is 4.79 Å². The summed E-state index contributed by atoms with van der Waals surface area (Å²) in [5.74, 6) is -0.962. The lowest BCUT2D eigenvalue weighted by Crippen LogP contribution is -2.27. The summed E-state index contributed by atoms with van der Waals surface area (Å²) in [6.07, 6.45) is 0. The summed E-state index contributed by atoms with van der Waals surface area (Å²) in [6, 6.07) is 12.9. The Hall–Kier alpha value is -2.04. The zero-order valence-electron chi connectivity index (χ0n) is 10.8. The van der Waals surface area contributed by atoms with E-state index < -0.39 is 11.9 Å². The van der Waals surface area contributed by atoms with Crippen molar-refractivity contribution >= 4 is 35.1 Å². The number of nitrogens with one attached hydrogen (secondary N) is 1. The van der Waals surface area contributed by atoms with Crippen molar-refractivity contribution in [3.05, 3.63) is 69.7 Å². The number of halogens is 2. The standard InChI is InChI=1S/C15H11Cl2NO3/c16-11-7-5-10(6-8-11)15(20)21-9-18-14(19)12-3-1-2-4-13(12)17/h1-8H,9H2,(H,18,19). The van der Waals surface area contributed by atoms with Gasteiger partial charge in [0.05, 0.1) is 16.1 Å². The van der Waals surface area contributed by atoms with Crippen LogP contribution in [0.4, 0.5) is 0 Å². The van der Waals surface area contributed by atoms with Crippen LogP contribution < -0.4 is 5.32 Å². The Morgan fingerprint density at radius 2 is 1.67 bits per heavy atom.